The molecule has 7 nitrogen and oxygen atoms in total. The van der Waals surface area contributed by atoms with Gasteiger partial charge in [0.1, 0.15) is 0 Å². The van der Waals surface area contributed by atoms with Crippen LogP contribution in [0, 0.1) is 0 Å². The summed E-state index contributed by atoms with van der Waals surface area (Å²) < 4.78 is 5.30. The Balaban J connectivity index is 1.57. The van der Waals surface area contributed by atoms with E-state index in [4.69, 9.17) is 4.74 Å². The van der Waals surface area contributed by atoms with Crippen molar-refractivity contribution < 1.29 is 9.53 Å². The second kappa shape index (κ2) is 6.86. The molecule has 0 bridgehead atoms. The van der Waals surface area contributed by atoms with E-state index in [1.165, 1.54) is 0 Å². The van der Waals surface area contributed by atoms with E-state index in [1.54, 1.807) is 6.07 Å². The van der Waals surface area contributed by atoms with Crippen molar-refractivity contribution in [2.45, 2.75) is 0 Å². The molecular weight excluding hydrogens is 282 g/mol. The number of ether oxygens (including phenoxy) is 1. The van der Waals surface area contributed by atoms with Crippen molar-refractivity contribution in [3.05, 3.63) is 42.5 Å². The maximum Gasteiger partial charge on any atom is 0.324 e. The lowest BCUT2D eigenvalue weighted by atomic mass is 10.3. The molecule has 22 heavy (non-hydrogen) atoms. The number of nitrogens with zero attached hydrogens (tertiary/aromatic N) is 3. The number of anilines is 3. The van der Waals surface area contributed by atoms with Gasteiger partial charge >= 0.3 is 6.03 Å². The smallest absolute Gasteiger partial charge is 0.324 e. The van der Waals surface area contributed by atoms with E-state index in [0.29, 0.717) is 19.0 Å². The third-order valence-electron chi connectivity index (χ3n) is 3.26. The SMILES string of the molecule is O=C(Nc1ccccc1)Nc1ccc(N2CCOCC2)nn1. The zero-order valence-corrected chi connectivity index (χ0v) is 12.0. The van der Waals surface area contributed by atoms with Crippen LogP contribution in [0.4, 0.5) is 22.1 Å². The highest BCUT2D eigenvalue weighted by atomic mass is 16.5. The number of carbonyl (C=O) groups is 1. The first kappa shape index (κ1) is 14.3. The van der Waals surface area contributed by atoms with Gasteiger partial charge in [-0.1, -0.05) is 18.2 Å². The first-order valence-corrected chi connectivity index (χ1v) is 7.11. The van der Waals surface area contributed by atoms with Gasteiger partial charge in [-0.15, -0.1) is 10.2 Å². The van der Waals surface area contributed by atoms with Crippen molar-refractivity contribution in [2.24, 2.45) is 0 Å². The Labute approximate surface area is 128 Å². The molecule has 1 aromatic heterocycles. The quantitative estimate of drug-likeness (QED) is 0.905. The van der Waals surface area contributed by atoms with Crippen LogP contribution in [0.2, 0.25) is 0 Å². The topological polar surface area (TPSA) is 79.4 Å². The number of urea groups is 1. The number of para-hydroxylation sites is 1. The van der Waals surface area contributed by atoms with Crippen LogP contribution >= 0.6 is 0 Å². The molecule has 1 saturated heterocycles. The van der Waals surface area contributed by atoms with Gasteiger partial charge in [0.15, 0.2) is 11.6 Å². The minimum absolute atomic E-state index is 0.348. The molecule has 0 aliphatic carbocycles. The van der Waals surface area contributed by atoms with Crippen LogP contribution in [0.1, 0.15) is 0 Å². The average molecular weight is 299 g/mol. The fourth-order valence-electron chi connectivity index (χ4n) is 2.15. The number of morpholine rings is 1. The summed E-state index contributed by atoms with van der Waals surface area (Å²) in [4.78, 5) is 14.0. The molecule has 1 aliphatic rings. The minimum atomic E-state index is -0.348. The average Bonchev–Trinajstić information content (AvgIpc) is 2.57. The second-order valence-electron chi connectivity index (χ2n) is 4.82. The lowest BCUT2D eigenvalue weighted by Crippen LogP contribution is -2.36. The van der Waals surface area contributed by atoms with Gasteiger partial charge in [0.05, 0.1) is 13.2 Å². The van der Waals surface area contributed by atoms with Gasteiger partial charge in [-0.2, -0.15) is 0 Å². The van der Waals surface area contributed by atoms with Crippen molar-refractivity contribution in [2.75, 3.05) is 41.8 Å². The Hall–Kier alpha value is -2.67. The highest BCUT2D eigenvalue weighted by Crippen LogP contribution is 2.13. The number of hydrogen-bond acceptors (Lipinski definition) is 5. The highest BCUT2D eigenvalue weighted by molar-refractivity contribution is 5.99. The molecule has 0 atom stereocenters. The van der Waals surface area contributed by atoms with Gasteiger partial charge < -0.3 is 15.0 Å². The molecule has 0 spiro atoms. The fourth-order valence-corrected chi connectivity index (χ4v) is 2.15. The zero-order valence-electron chi connectivity index (χ0n) is 12.0. The second-order valence-corrected chi connectivity index (χ2v) is 4.82. The Bertz CT molecular complexity index is 612. The summed E-state index contributed by atoms with van der Waals surface area (Å²) in [5.41, 5.74) is 0.720. The molecule has 3 rings (SSSR count). The third-order valence-corrected chi connectivity index (χ3v) is 3.26. The lowest BCUT2D eigenvalue weighted by molar-refractivity contribution is 0.122. The van der Waals surface area contributed by atoms with Crippen molar-refractivity contribution >= 4 is 23.4 Å². The molecular formula is C15H17N5O2. The van der Waals surface area contributed by atoms with Gasteiger partial charge in [-0.05, 0) is 24.3 Å². The largest absolute Gasteiger partial charge is 0.378 e. The Morgan fingerprint density at radius 2 is 1.77 bits per heavy atom. The van der Waals surface area contributed by atoms with Crippen LogP contribution in [-0.4, -0.2) is 42.5 Å². The highest BCUT2D eigenvalue weighted by Gasteiger charge is 2.13. The van der Waals surface area contributed by atoms with Gasteiger partial charge in [-0.3, -0.25) is 5.32 Å². The van der Waals surface area contributed by atoms with Gasteiger partial charge in [-0.25, -0.2) is 4.79 Å². The van der Waals surface area contributed by atoms with E-state index >= 15 is 0 Å². The van der Waals surface area contributed by atoms with Crippen molar-refractivity contribution in [1.29, 1.82) is 0 Å². The zero-order chi connectivity index (χ0) is 15.2. The van der Waals surface area contributed by atoms with E-state index in [-0.39, 0.29) is 6.03 Å². The van der Waals surface area contributed by atoms with Gasteiger partial charge in [0.2, 0.25) is 0 Å². The summed E-state index contributed by atoms with van der Waals surface area (Å²) in [6, 6.07) is 12.5. The predicted octanol–water partition coefficient (Wildman–Crippen LogP) is 1.96. The Morgan fingerprint density at radius 1 is 1.00 bits per heavy atom. The van der Waals surface area contributed by atoms with Crippen LogP contribution in [0.25, 0.3) is 0 Å². The predicted molar refractivity (Wildman–Crippen MR) is 84.1 cm³/mol. The van der Waals surface area contributed by atoms with Crippen LogP contribution in [0.3, 0.4) is 0 Å². The normalized spacial score (nSPS) is 14.5. The van der Waals surface area contributed by atoms with Gasteiger partial charge in [0.25, 0.3) is 0 Å². The van der Waals surface area contributed by atoms with Crippen molar-refractivity contribution in [3.63, 3.8) is 0 Å². The third kappa shape index (κ3) is 3.70. The molecule has 0 radical (unpaired) electrons. The maximum atomic E-state index is 11.9. The first-order chi connectivity index (χ1) is 10.8. The Kier molecular flexibility index (Phi) is 4.45. The summed E-state index contributed by atoms with van der Waals surface area (Å²) in [6.07, 6.45) is 0. The molecule has 1 aromatic carbocycles. The van der Waals surface area contributed by atoms with Crippen LogP contribution in [0.15, 0.2) is 42.5 Å². The molecule has 2 aromatic rings. The number of carbonyl (C=O) groups excluding carboxylic acids is 1. The molecule has 2 heterocycles. The monoisotopic (exact) mass is 299 g/mol. The molecule has 2 N–H and O–H groups in total. The number of aromatic nitrogens is 2. The molecule has 0 saturated carbocycles. The molecule has 1 fully saturated rings. The molecule has 1 aliphatic heterocycles. The fraction of sp³-hybridized carbons (Fsp3) is 0.267. The number of hydrogen-bond donors (Lipinski definition) is 2. The summed E-state index contributed by atoms with van der Waals surface area (Å²) in [5.74, 6) is 1.20. The number of amides is 2. The standard InChI is InChI=1S/C15H17N5O2/c21-15(16-12-4-2-1-3-5-12)17-13-6-7-14(19-18-13)20-8-10-22-11-9-20/h1-7H,8-11H2,(H2,16,17,18,21). The number of benzene rings is 1. The summed E-state index contributed by atoms with van der Waals surface area (Å²) in [6.45, 7) is 2.99. The Morgan fingerprint density at radius 3 is 2.45 bits per heavy atom. The lowest BCUT2D eigenvalue weighted by Gasteiger charge is -2.27. The number of nitrogens with one attached hydrogen (secondary N) is 2. The van der Waals surface area contributed by atoms with E-state index in [0.717, 1.165) is 24.6 Å². The minimum Gasteiger partial charge on any atom is -0.378 e. The molecule has 7 heteroatoms. The van der Waals surface area contributed by atoms with Crippen molar-refractivity contribution in [3.8, 4) is 0 Å². The molecule has 0 unspecified atom stereocenters. The summed E-state index contributed by atoms with van der Waals surface area (Å²) >= 11 is 0. The molecule has 2 amide bonds. The number of rotatable bonds is 3. The van der Waals surface area contributed by atoms with Crippen LogP contribution < -0.4 is 15.5 Å². The van der Waals surface area contributed by atoms with E-state index in [2.05, 4.69) is 25.7 Å². The summed E-state index contributed by atoms with van der Waals surface area (Å²) in [7, 11) is 0. The van der Waals surface area contributed by atoms with E-state index in [1.807, 2.05) is 36.4 Å². The maximum absolute atomic E-state index is 11.9. The summed E-state index contributed by atoms with van der Waals surface area (Å²) in [5, 5.41) is 13.5. The van der Waals surface area contributed by atoms with Crippen molar-refractivity contribution in [1.82, 2.24) is 10.2 Å². The van der Waals surface area contributed by atoms with Crippen LogP contribution in [-0.2, 0) is 4.74 Å². The van der Waals surface area contributed by atoms with E-state index < -0.39 is 0 Å². The van der Waals surface area contributed by atoms with Crippen LogP contribution in [0.5, 0.6) is 0 Å². The van der Waals surface area contributed by atoms with Gasteiger partial charge in [0, 0.05) is 18.8 Å². The molecule has 114 valence electrons. The van der Waals surface area contributed by atoms with E-state index in [9.17, 15) is 4.79 Å². The first-order valence-electron chi connectivity index (χ1n) is 7.11.